The summed E-state index contributed by atoms with van der Waals surface area (Å²) in [6.07, 6.45) is 5.19. The van der Waals surface area contributed by atoms with E-state index in [-0.39, 0.29) is 18.5 Å². The predicted molar refractivity (Wildman–Crippen MR) is 99.1 cm³/mol. The van der Waals surface area contributed by atoms with Crippen LogP contribution in [0.15, 0.2) is 15.7 Å². The first-order valence-corrected chi connectivity index (χ1v) is 9.05. The molecule has 0 unspecified atom stereocenters. The molecule has 1 aromatic heterocycles. The standard InChI is InChI=1S/C17H22F3N7O2/c1-26(8-12(24-21)27(22)9-5-3-2-4-6-9)17-23-16(29-25-17)10-7-11(18)14(20)15(28)13(10)19/h7,9,28H,2-6,8,21-22H2,1H3/b24-12-. The summed E-state index contributed by atoms with van der Waals surface area (Å²) in [4.78, 5) is 5.46. The minimum Gasteiger partial charge on any atom is -0.503 e. The van der Waals surface area contributed by atoms with E-state index in [1.807, 2.05) is 0 Å². The number of halogens is 3. The van der Waals surface area contributed by atoms with Gasteiger partial charge in [0.25, 0.3) is 11.8 Å². The lowest BCUT2D eigenvalue weighted by atomic mass is 9.95. The molecule has 3 rings (SSSR count). The van der Waals surface area contributed by atoms with Crippen molar-refractivity contribution in [1.82, 2.24) is 15.1 Å². The molecule has 5 N–H and O–H groups in total. The summed E-state index contributed by atoms with van der Waals surface area (Å²) < 4.78 is 45.7. The molecule has 158 valence electrons. The van der Waals surface area contributed by atoms with Crippen molar-refractivity contribution in [1.29, 1.82) is 0 Å². The summed E-state index contributed by atoms with van der Waals surface area (Å²) in [5, 5.41) is 18.3. The Hall–Kier alpha value is -3.02. The van der Waals surface area contributed by atoms with Crippen molar-refractivity contribution in [3.8, 4) is 17.2 Å². The predicted octanol–water partition coefficient (Wildman–Crippen LogP) is 2.08. The first kappa shape index (κ1) is 20.7. The van der Waals surface area contributed by atoms with Gasteiger partial charge in [-0.1, -0.05) is 19.3 Å². The molecule has 1 aromatic carbocycles. The lowest BCUT2D eigenvalue weighted by molar-refractivity contribution is 0.245. The first-order chi connectivity index (χ1) is 13.8. The second-order valence-corrected chi connectivity index (χ2v) is 6.88. The molecular weight excluding hydrogens is 391 g/mol. The van der Waals surface area contributed by atoms with Crippen molar-refractivity contribution in [3.63, 3.8) is 0 Å². The molecule has 0 bridgehead atoms. The maximum absolute atomic E-state index is 14.1. The zero-order valence-electron chi connectivity index (χ0n) is 15.8. The van der Waals surface area contributed by atoms with Gasteiger partial charge < -0.3 is 20.4 Å². The minimum absolute atomic E-state index is 0.0156. The SMILES string of the molecule is CN(C/C(=N/N)N(N)C1CCCCC1)c1noc(-c2cc(F)c(F)c(O)c2F)n1. The topological polar surface area (TPSA) is 130 Å². The molecule has 0 amide bonds. The maximum atomic E-state index is 14.1. The third kappa shape index (κ3) is 4.21. The molecule has 1 aliphatic carbocycles. The molecule has 1 saturated carbocycles. The molecule has 1 fully saturated rings. The normalized spacial score (nSPS) is 15.6. The van der Waals surface area contributed by atoms with E-state index in [0.717, 1.165) is 25.7 Å². The summed E-state index contributed by atoms with van der Waals surface area (Å²) in [6.45, 7) is 0.133. The van der Waals surface area contributed by atoms with Gasteiger partial charge in [-0.05, 0) is 24.1 Å². The monoisotopic (exact) mass is 413 g/mol. The number of anilines is 1. The number of hydrazine groups is 1. The van der Waals surface area contributed by atoms with Gasteiger partial charge >= 0.3 is 0 Å². The minimum atomic E-state index is -1.70. The molecule has 0 radical (unpaired) electrons. The highest BCUT2D eigenvalue weighted by atomic mass is 19.2. The zero-order valence-corrected chi connectivity index (χ0v) is 15.8. The van der Waals surface area contributed by atoms with Crippen LogP contribution in [0.5, 0.6) is 5.75 Å². The van der Waals surface area contributed by atoms with Crippen LogP contribution in [0.4, 0.5) is 19.1 Å². The second-order valence-electron chi connectivity index (χ2n) is 6.88. The molecule has 0 aliphatic heterocycles. The Morgan fingerprint density at radius 3 is 2.62 bits per heavy atom. The van der Waals surface area contributed by atoms with Crippen LogP contribution >= 0.6 is 0 Å². The number of nitrogens with zero attached hydrogens (tertiary/aromatic N) is 5. The molecule has 0 atom stereocenters. The van der Waals surface area contributed by atoms with Crippen LogP contribution in [0.2, 0.25) is 0 Å². The number of hydrogen-bond acceptors (Lipinski definition) is 8. The number of nitrogens with two attached hydrogens (primary N) is 2. The Labute approximate surface area is 164 Å². The number of likely N-dealkylation sites (N-methyl/N-ethyl adjacent to an activating group) is 1. The van der Waals surface area contributed by atoms with E-state index in [2.05, 4.69) is 15.2 Å². The number of hydrogen-bond donors (Lipinski definition) is 3. The molecule has 12 heteroatoms. The third-order valence-corrected chi connectivity index (χ3v) is 4.91. The average molecular weight is 413 g/mol. The molecule has 1 heterocycles. The van der Waals surface area contributed by atoms with E-state index in [0.29, 0.717) is 11.9 Å². The summed E-state index contributed by atoms with van der Waals surface area (Å²) in [7, 11) is 1.60. The largest absolute Gasteiger partial charge is 0.503 e. The van der Waals surface area contributed by atoms with Gasteiger partial charge in [0.15, 0.2) is 23.2 Å². The summed E-state index contributed by atoms with van der Waals surface area (Å²) in [5.74, 6) is 5.63. The number of phenols is 1. The van der Waals surface area contributed by atoms with Crippen LogP contribution in [0.25, 0.3) is 11.5 Å². The average Bonchev–Trinajstić information content (AvgIpc) is 3.23. The smallest absolute Gasteiger partial charge is 0.266 e. The molecule has 9 nitrogen and oxygen atoms in total. The number of rotatable bonds is 5. The molecule has 29 heavy (non-hydrogen) atoms. The Balaban J connectivity index is 1.76. The van der Waals surface area contributed by atoms with E-state index in [1.165, 1.54) is 16.3 Å². The van der Waals surface area contributed by atoms with Crippen LogP contribution in [0.1, 0.15) is 32.1 Å². The van der Waals surface area contributed by atoms with Gasteiger partial charge in [0.2, 0.25) is 5.82 Å². The Morgan fingerprint density at radius 2 is 1.97 bits per heavy atom. The quantitative estimate of drug-likeness (QED) is 0.223. The third-order valence-electron chi connectivity index (χ3n) is 4.91. The summed E-state index contributed by atoms with van der Waals surface area (Å²) in [6, 6.07) is 0.652. The summed E-state index contributed by atoms with van der Waals surface area (Å²) >= 11 is 0. The fourth-order valence-electron chi connectivity index (χ4n) is 3.27. The van der Waals surface area contributed by atoms with Gasteiger partial charge in [-0.3, -0.25) is 5.01 Å². The van der Waals surface area contributed by atoms with E-state index in [4.69, 9.17) is 16.2 Å². The molecular formula is C17H22F3N7O2. The highest BCUT2D eigenvalue weighted by molar-refractivity contribution is 5.86. The van der Waals surface area contributed by atoms with E-state index in [1.54, 1.807) is 7.05 Å². The number of aromatic nitrogens is 2. The van der Waals surface area contributed by atoms with Crippen molar-refractivity contribution < 1.29 is 22.8 Å². The lowest BCUT2D eigenvalue weighted by Crippen LogP contribution is -2.50. The molecule has 2 aromatic rings. The lowest BCUT2D eigenvalue weighted by Gasteiger charge is -2.33. The van der Waals surface area contributed by atoms with Crippen molar-refractivity contribution in [2.75, 3.05) is 18.5 Å². The van der Waals surface area contributed by atoms with Gasteiger partial charge in [0.05, 0.1) is 12.1 Å². The number of benzene rings is 1. The van der Waals surface area contributed by atoms with Crippen LogP contribution < -0.4 is 16.6 Å². The Kier molecular flexibility index (Phi) is 6.11. The fourth-order valence-corrected chi connectivity index (χ4v) is 3.27. The number of amidine groups is 1. The van der Waals surface area contributed by atoms with Crippen LogP contribution in [-0.4, -0.2) is 45.7 Å². The number of hydrazone groups is 1. The van der Waals surface area contributed by atoms with E-state index < -0.39 is 34.7 Å². The van der Waals surface area contributed by atoms with Gasteiger partial charge in [-0.2, -0.15) is 14.5 Å². The van der Waals surface area contributed by atoms with E-state index >= 15 is 0 Å². The van der Waals surface area contributed by atoms with Crippen LogP contribution in [0.3, 0.4) is 0 Å². The van der Waals surface area contributed by atoms with Gasteiger partial charge in [-0.25, -0.2) is 14.6 Å². The Bertz CT molecular complexity index is 899. The highest BCUT2D eigenvalue weighted by Gasteiger charge is 2.26. The number of aromatic hydroxyl groups is 1. The second kappa shape index (κ2) is 8.55. The maximum Gasteiger partial charge on any atom is 0.266 e. The molecule has 0 saturated heterocycles. The van der Waals surface area contributed by atoms with Crippen molar-refractivity contribution in [2.24, 2.45) is 16.8 Å². The first-order valence-electron chi connectivity index (χ1n) is 9.05. The van der Waals surface area contributed by atoms with Crippen LogP contribution in [0, 0.1) is 17.5 Å². The molecule has 0 spiro atoms. The molecule has 1 aliphatic rings. The highest BCUT2D eigenvalue weighted by Crippen LogP contribution is 2.32. The van der Waals surface area contributed by atoms with Gasteiger partial charge in [0.1, 0.15) is 0 Å². The van der Waals surface area contributed by atoms with E-state index in [9.17, 15) is 18.3 Å². The van der Waals surface area contributed by atoms with Crippen molar-refractivity contribution in [3.05, 3.63) is 23.5 Å². The van der Waals surface area contributed by atoms with Crippen molar-refractivity contribution in [2.45, 2.75) is 38.1 Å². The van der Waals surface area contributed by atoms with Crippen molar-refractivity contribution >= 4 is 11.8 Å². The van der Waals surface area contributed by atoms with Crippen LogP contribution in [-0.2, 0) is 0 Å². The number of phenolic OH excluding ortho intramolecular Hbond substituents is 1. The Morgan fingerprint density at radius 1 is 1.28 bits per heavy atom. The summed E-state index contributed by atoms with van der Waals surface area (Å²) in [5.41, 5.74) is -0.566. The fraction of sp³-hybridized carbons (Fsp3) is 0.471. The van der Waals surface area contributed by atoms with Gasteiger partial charge in [0, 0.05) is 13.1 Å². The zero-order chi connectivity index (χ0) is 21.1. The van der Waals surface area contributed by atoms with Gasteiger partial charge in [-0.15, -0.1) is 0 Å².